The van der Waals surface area contributed by atoms with Crippen LogP contribution in [-0.4, -0.2) is 44.7 Å². The maximum atomic E-state index is 12.7. The third kappa shape index (κ3) is 6.64. The van der Waals surface area contributed by atoms with E-state index in [1.54, 1.807) is 0 Å². The van der Waals surface area contributed by atoms with Crippen molar-refractivity contribution in [2.75, 3.05) is 38.8 Å². The molecule has 0 fully saturated rings. The second-order valence-electron chi connectivity index (χ2n) is 4.29. The van der Waals surface area contributed by atoms with Gasteiger partial charge in [0.15, 0.2) is 0 Å². The first-order chi connectivity index (χ1) is 9.84. The fraction of sp³-hybridized carbons (Fsp3) is 0.538. The number of benzene rings is 1. The standard InChI is InChI=1S/C13H17BrF3NO3/c1-20-4-5-21-8-10(19)7-18-9-2-3-12(14)11(6-9)13(15,16)17/h2-3,6,10,18-19H,4-5,7-8H2,1H3. The maximum Gasteiger partial charge on any atom is 0.417 e. The van der Waals surface area contributed by atoms with E-state index in [0.717, 1.165) is 6.07 Å². The Morgan fingerprint density at radius 3 is 2.67 bits per heavy atom. The van der Waals surface area contributed by atoms with E-state index in [0.29, 0.717) is 13.2 Å². The quantitative estimate of drug-likeness (QED) is 0.690. The van der Waals surface area contributed by atoms with Gasteiger partial charge in [0.2, 0.25) is 0 Å². The summed E-state index contributed by atoms with van der Waals surface area (Å²) in [6.45, 7) is 0.941. The summed E-state index contributed by atoms with van der Waals surface area (Å²) in [5.74, 6) is 0. The zero-order chi connectivity index (χ0) is 15.9. The van der Waals surface area contributed by atoms with Crippen LogP contribution in [0.2, 0.25) is 0 Å². The molecule has 0 saturated heterocycles. The van der Waals surface area contributed by atoms with Gasteiger partial charge in [-0.2, -0.15) is 13.2 Å². The van der Waals surface area contributed by atoms with Crippen molar-refractivity contribution in [2.45, 2.75) is 12.3 Å². The molecule has 0 saturated carbocycles. The largest absolute Gasteiger partial charge is 0.417 e. The van der Waals surface area contributed by atoms with Crippen LogP contribution in [0.3, 0.4) is 0 Å². The van der Waals surface area contributed by atoms with Crippen molar-refractivity contribution in [3.8, 4) is 0 Å². The van der Waals surface area contributed by atoms with Crippen LogP contribution < -0.4 is 5.32 Å². The lowest BCUT2D eigenvalue weighted by Gasteiger charge is -2.15. The highest BCUT2D eigenvalue weighted by atomic mass is 79.9. The number of halogens is 4. The van der Waals surface area contributed by atoms with E-state index in [1.165, 1.54) is 19.2 Å². The number of hydrogen-bond donors (Lipinski definition) is 2. The average Bonchev–Trinajstić information content (AvgIpc) is 2.41. The summed E-state index contributed by atoms with van der Waals surface area (Å²) >= 11 is 2.87. The molecule has 0 aliphatic rings. The van der Waals surface area contributed by atoms with Crippen LogP contribution in [0.25, 0.3) is 0 Å². The van der Waals surface area contributed by atoms with E-state index in [1.807, 2.05) is 0 Å². The number of hydrogen-bond acceptors (Lipinski definition) is 4. The average molecular weight is 372 g/mol. The highest BCUT2D eigenvalue weighted by Crippen LogP contribution is 2.36. The van der Waals surface area contributed by atoms with Crippen molar-refractivity contribution < 1.29 is 27.8 Å². The molecule has 8 heteroatoms. The Morgan fingerprint density at radius 2 is 2.05 bits per heavy atom. The van der Waals surface area contributed by atoms with E-state index in [9.17, 15) is 18.3 Å². The maximum absolute atomic E-state index is 12.7. The van der Waals surface area contributed by atoms with Gasteiger partial charge >= 0.3 is 6.18 Å². The Hall–Kier alpha value is -0.830. The number of aliphatic hydroxyl groups is 1. The van der Waals surface area contributed by atoms with Gasteiger partial charge in [0.05, 0.1) is 31.5 Å². The molecule has 1 aromatic carbocycles. The zero-order valence-corrected chi connectivity index (χ0v) is 13.0. The van der Waals surface area contributed by atoms with Crippen molar-refractivity contribution in [2.24, 2.45) is 0 Å². The summed E-state index contributed by atoms with van der Waals surface area (Å²) < 4.78 is 48.1. The fourth-order valence-electron chi connectivity index (χ4n) is 1.51. The van der Waals surface area contributed by atoms with Gasteiger partial charge in [-0.3, -0.25) is 0 Å². The minimum absolute atomic E-state index is 0.0241. The van der Waals surface area contributed by atoms with Crippen molar-refractivity contribution in [1.82, 2.24) is 0 Å². The van der Waals surface area contributed by atoms with Crippen LogP contribution in [0.15, 0.2) is 22.7 Å². The van der Waals surface area contributed by atoms with Crippen molar-refractivity contribution in [3.05, 3.63) is 28.2 Å². The van der Waals surface area contributed by atoms with Gasteiger partial charge in [-0.05, 0) is 18.2 Å². The lowest BCUT2D eigenvalue weighted by atomic mass is 10.2. The Labute approximate surface area is 129 Å². The van der Waals surface area contributed by atoms with E-state index in [-0.39, 0.29) is 23.3 Å². The number of ether oxygens (including phenoxy) is 2. The van der Waals surface area contributed by atoms with Gasteiger partial charge in [-0.25, -0.2) is 0 Å². The molecule has 0 aromatic heterocycles. The second-order valence-corrected chi connectivity index (χ2v) is 5.15. The molecular formula is C13H17BrF3NO3. The number of aliphatic hydroxyl groups excluding tert-OH is 1. The SMILES string of the molecule is COCCOCC(O)CNc1ccc(Br)c(C(F)(F)F)c1. The number of rotatable bonds is 8. The molecule has 4 nitrogen and oxygen atoms in total. The normalized spacial score (nSPS) is 13.2. The first-order valence-electron chi connectivity index (χ1n) is 6.20. The van der Waals surface area contributed by atoms with Gasteiger partial charge in [0.1, 0.15) is 0 Å². The summed E-state index contributed by atoms with van der Waals surface area (Å²) in [5, 5.41) is 12.4. The van der Waals surface area contributed by atoms with Crippen LogP contribution >= 0.6 is 15.9 Å². The topological polar surface area (TPSA) is 50.7 Å². The second kappa shape index (κ2) is 8.57. The predicted octanol–water partition coefficient (Wildman–Crippen LogP) is 2.90. The molecule has 120 valence electrons. The number of anilines is 1. The molecule has 1 aromatic rings. The van der Waals surface area contributed by atoms with E-state index in [4.69, 9.17) is 9.47 Å². The number of methoxy groups -OCH3 is 1. The predicted molar refractivity (Wildman–Crippen MR) is 76.3 cm³/mol. The fourth-order valence-corrected chi connectivity index (χ4v) is 1.98. The monoisotopic (exact) mass is 371 g/mol. The molecule has 1 unspecified atom stereocenters. The van der Waals surface area contributed by atoms with E-state index >= 15 is 0 Å². The summed E-state index contributed by atoms with van der Waals surface area (Å²) in [5.41, 5.74) is -0.486. The smallest absolute Gasteiger partial charge is 0.389 e. The Morgan fingerprint density at radius 1 is 1.33 bits per heavy atom. The van der Waals surface area contributed by atoms with Gasteiger partial charge in [0, 0.05) is 23.8 Å². The Kier molecular flexibility index (Phi) is 7.44. The van der Waals surface area contributed by atoms with E-state index in [2.05, 4.69) is 21.2 Å². The molecular weight excluding hydrogens is 355 g/mol. The highest BCUT2D eigenvalue weighted by Gasteiger charge is 2.33. The molecule has 1 rings (SSSR count). The molecule has 1 atom stereocenters. The van der Waals surface area contributed by atoms with Crippen molar-refractivity contribution in [1.29, 1.82) is 0 Å². The zero-order valence-electron chi connectivity index (χ0n) is 11.4. The van der Waals surface area contributed by atoms with Crippen LogP contribution in [0.4, 0.5) is 18.9 Å². The third-order valence-electron chi connectivity index (χ3n) is 2.56. The molecule has 21 heavy (non-hydrogen) atoms. The highest BCUT2D eigenvalue weighted by molar-refractivity contribution is 9.10. The summed E-state index contributed by atoms with van der Waals surface area (Å²) in [4.78, 5) is 0. The molecule has 0 aliphatic carbocycles. The Bertz CT molecular complexity index is 443. The lowest BCUT2D eigenvalue weighted by Crippen LogP contribution is -2.25. The molecule has 0 radical (unpaired) electrons. The van der Waals surface area contributed by atoms with Crippen molar-refractivity contribution >= 4 is 21.6 Å². The summed E-state index contributed by atoms with van der Waals surface area (Å²) in [6, 6.07) is 3.80. The number of nitrogens with one attached hydrogen (secondary N) is 1. The molecule has 0 aliphatic heterocycles. The third-order valence-corrected chi connectivity index (χ3v) is 3.25. The van der Waals surface area contributed by atoms with Gasteiger partial charge in [0.25, 0.3) is 0 Å². The summed E-state index contributed by atoms with van der Waals surface area (Å²) in [7, 11) is 1.53. The minimum atomic E-state index is -4.43. The molecule has 2 N–H and O–H groups in total. The summed E-state index contributed by atoms with van der Waals surface area (Å²) in [6.07, 6.45) is -5.25. The Balaban J connectivity index is 2.48. The van der Waals surface area contributed by atoms with Crippen LogP contribution in [0.5, 0.6) is 0 Å². The lowest BCUT2D eigenvalue weighted by molar-refractivity contribution is -0.138. The van der Waals surface area contributed by atoms with Gasteiger partial charge in [-0.1, -0.05) is 15.9 Å². The van der Waals surface area contributed by atoms with E-state index < -0.39 is 17.8 Å². The van der Waals surface area contributed by atoms with Crippen LogP contribution in [0, 0.1) is 0 Å². The van der Waals surface area contributed by atoms with Gasteiger partial charge in [-0.15, -0.1) is 0 Å². The first-order valence-corrected chi connectivity index (χ1v) is 6.99. The molecule has 0 amide bonds. The van der Waals surface area contributed by atoms with Crippen LogP contribution in [-0.2, 0) is 15.7 Å². The molecule has 0 heterocycles. The van der Waals surface area contributed by atoms with Crippen LogP contribution in [0.1, 0.15) is 5.56 Å². The minimum Gasteiger partial charge on any atom is -0.389 e. The molecule has 0 bridgehead atoms. The molecule has 0 spiro atoms. The number of alkyl halides is 3. The first kappa shape index (κ1) is 18.2. The van der Waals surface area contributed by atoms with Crippen molar-refractivity contribution in [3.63, 3.8) is 0 Å². The van der Waals surface area contributed by atoms with Gasteiger partial charge < -0.3 is 19.9 Å².